The molecular formula is C18H18N6O2. The third-order valence-electron chi connectivity index (χ3n) is 3.63. The number of hydrogen-bond donors (Lipinski definition) is 2. The molecule has 0 radical (unpaired) electrons. The van der Waals surface area contributed by atoms with E-state index in [1.54, 1.807) is 18.2 Å². The molecule has 3 rings (SSSR count). The van der Waals surface area contributed by atoms with E-state index in [0.717, 1.165) is 11.3 Å². The summed E-state index contributed by atoms with van der Waals surface area (Å²) in [4.78, 5) is 23.9. The van der Waals surface area contributed by atoms with Gasteiger partial charge in [-0.15, -0.1) is 5.10 Å². The number of anilines is 1. The summed E-state index contributed by atoms with van der Waals surface area (Å²) in [7, 11) is 0. The Morgan fingerprint density at radius 3 is 2.62 bits per heavy atom. The van der Waals surface area contributed by atoms with Crippen molar-refractivity contribution in [3.63, 3.8) is 0 Å². The average molecular weight is 350 g/mol. The number of hydrogen-bond acceptors (Lipinski definition) is 5. The first-order valence-corrected chi connectivity index (χ1v) is 8.14. The number of carbonyl (C=O) groups is 2. The van der Waals surface area contributed by atoms with Gasteiger partial charge in [0.15, 0.2) is 0 Å². The molecule has 1 aromatic heterocycles. The number of rotatable bonds is 7. The third-order valence-corrected chi connectivity index (χ3v) is 3.63. The Balaban J connectivity index is 1.44. The lowest BCUT2D eigenvalue weighted by Crippen LogP contribution is -2.28. The summed E-state index contributed by atoms with van der Waals surface area (Å²) < 4.78 is 1.50. The first-order chi connectivity index (χ1) is 12.7. The molecule has 0 aliphatic carbocycles. The topological polar surface area (TPSA) is 102 Å². The minimum Gasteiger partial charge on any atom is -0.355 e. The van der Waals surface area contributed by atoms with Crippen molar-refractivity contribution in [1.29, 1.82) is 0 Å². The first kappa shape index (κ1) is 17.3. The fourth-order valence-corrected chi connectivity index (χ4v) is 2.39. The average Bonchev–Trinajstić information content (AvgIpc) is 3.17. The van der Waals surface area contributed by atoms with Crippen molar-refractivity contribution in [1.82, 2.24) is 25.5 Å². The molecule has 8 heteroatoms. The van der Waals surface area contributed by atoms with E-state index in [0.29, 0.717) is 12.1 Å². The second-order valence-corrected chi connectivity index (χ2v) is 5.62. The van der Waals surface area contributed by atoms with Crippen LogP contribution < -0.4 is 10.6 Å². The number of aromatic nitrogens is 4. The van der Waals surface area contributed by atoms with Crippen LogP contribution in [0.25, 0.3) is 5.69 Å². The Kier molecular flexibility index (Phi) is 5.66. The highest BCUT2D eigenvalue weighted by Crippen LogP contribution is 2.13. The van der Waals surface area contributed by atoms with E-state index < -0.39 is 0 Å². The molecule has 0 bridgehead atoms. The van der Waals surface area contributed by atoms with Crippen molar-refractivity contribution in [2.45, 2.75) is 12.8 Å². The normalized spacial score (nSPS) is 10.3. The summed E-state index contributed by atoms with van der Waals surface area (Å²) in [6, 6.07) is 16.6. The molecule has 0 aliphatic rings. The third kappa shape index (κ3) is 4.97. The van der Waals surface area contributed by atoms with Crippen molar-refractivity contribution < 1.29 is 9.59 Å². The monoisotopic (exact) mass is 350 g/mol. The minimum atomic E-state index is -0.182. The Morgan fingerprint density at radius 1 is 1.00 bits per heavy atom. The number of nitrogens with one attached hydrogen (secondary N) is 2. The molecule has 0 aliphatic heterocycles. The van der Waals surface area contributed by atoms with Gasteiger partial charge in [-0.05, 0) is 34.2 Å². The number of tetrazole rings is 1. The molecule has 1 heterocycles. The maximum Gasteiger partial charge on any atom is 0.226 e. The lowest BCUT2D eigenvalue weighted by Gasteiger charge is -2.08. The van der Waals surface area contributed by atoms with Crippen molar-refractivity contribution in [3.8, 4) is 5.69 Å². The molecule has 0 saturated heterocycles. The largest absolute Gasteiger partial charge is 0.355 e. The SMILES string of the molecule is O=C(Cc1ccccc1)NCCC(=O)Nc1cccc(-n2cnnn2)c1. The zero-order valence-electron chi connectivity index (χ0n) is 14.0. The van der Waals surface area contributed by atoms with Gasteiger partial charge in [0.05, 0.1) is 12.1 Å². The van der Waals surface area contributed by atoms with E-state index in [-0.39, 0.29) is 24.8 Å². The molecule has 26 heavy (non-hydrogen) atoms. The predicted octanol–water partition coefficient (Wildman–Crippen LogP) is 1.35. The Labute approximate surface area is 150 Å². The molecule has 2 amide bonds. The highest BCUT2D eigenvalue weighted by molar-refractivity contribution is 5.91. The summed E-state index contributed by atoms with van der Waals surface area (Å²) in [6.07, 6.45) is 1.97. The van der Waals surface area contributed by atoms with Crippen LogP contribution in [-0.4, -0.2) is 38.6 Å². The maximum absolute atomic E-state index is 12.0. The molecular weight excluding hydrogens is 332 g/mol. The predicted molar refractivity (Wildman–Crippen MR) is 95.6 cm³/mol. The van der Waals surface area contributed by atoms with Gasteiger partial charge in [-0.25, -0.2) is 4.68 Å². The quantitative estimate of drug-likeness (QED) is 0.670. The smallest absolute Gasteiger partial charge is 0.226 e. The standard InChI is InChI=1S/C18H18N6O2/c25-17(9-10-19-18(26)11-14-5-2-1-3-6-14)21-15-7-4-8-16(12-15)24-13-20-22-23-24/h1-8,12-13H,9-11H2,(H,19,26)(H,21,25). The van der Waals surface area contributed by atoms with Crippen molar-refractivity contribution in [2.24, 2.45) is 0 Å². The van der Waals surface area contributed by atoms with E-state index in [4.69, 9.17) is 0 Å². The van der Waals surface area contributed by atoms with Crippen molar-refractivity contribution >= 4 is 17.5 Å². The number of benzene rings is 2. The van der Waals surface area contributed by atoms with Crippen molar-refractivity contribution in [2.75, 3.05) is 11.9 Å². The van der Waals surface area contributed by atoms with E-state index >= 15 is 0 Å². The van der Waals surface area contributed by atoms with Crippen LogP contribution in [0.5, 0.6) is 0 Å². The molecule has 0 fully saturated rings. The van der Waals surface area contributed by atoms with Crippen LogP contribution in [0.3, 0.4) is 0 Å². The van der Waals surface area contributed by atoms with Crippen LogP contribution in [0, 0.1) is 0 Å². The van der Waals surface area contributed by atoms with Gasteiger partial charge in [-0.3, -0.25) is 9.59 Å². The second-order valence-electron chi connectivity index (χ2n) is 5.62. The van der Waals surface area contributed by atoms with Crippen molar-refractivity contribution in [3.05, 3.63) is 66.5 Å². The molecule has 0 unspecified atom stereocenters. The van der Waals surface area contributed by atoms with Gasteiger partial charge >= 0.3 is 0 Å². The molecule has 0 saturated carbocycles. The van der Waals surface area contributed by atoms with Gasteiger partial charge in [0.1, 0.15) is 6.33 Å². The van der Waals surface area contributed by atoms with E-state index in [2.05, 4.69) is 26.2 Å². The summed E-state index contributed by atoms with van der Waals surface area (Å²) in [6.45, 7) is 0.282. The summed E-state index contributed by atoms with van der Waals surface area (Å²) in [5.41, 5.74) is 2.32. The van der Waals surface area contributed by atoms with Gasteiger partial charge in [0.25, 0.3) is 0 Å². The highest BCUT2D eigenvalue weighted by atomic mass is 16.2. The molecule has 0 atom stereocenters. The Morgan fingerprint density at radius 2 is 1.85 bits per heavy atom. The summed E-state index contributed by atoms with van der Waals surface area (Å²) in [5.74, 6) is -0.288. The molecule has 3 aromatic rings. The fourth-order valence-electron chi connectivity index (χ4n) is 2.39. The zero-order valence-corrected chi connectivity index (χ0v) is 14.0. The van der Waals surface area contributed by atoms with E-state index in [1.807, 2.05) is 36.4 Å². The van der Waals surface area contributed by atoms with Gasteiger partial charge < -0.3 is 10.6 Å². The van der Waals surface area contributed by atoms with Gasteiger partial charge in [-0.2, -0.15) is 0 Å². The van der Waals surface area contributed by atoms with E-state index in [1.165, 1.54) is 11.0 Å². The lowest BCUT2D eigenvalue weighted by molar-refractivity contribution is -0.120. The molecule has 132 valence electrons. The minimum absolute atomic E-state index is 0.107. The zero-order chi connectivity index (χ0) is 18.2. The van der Waals surface area contributed by atoms with Crippen LogP contribution in [0.4, 0.5) is 5.69 Å². The lowest BCUT2D eigenvalue weighted by atomic mass is 10.1. The number of amides is 2. The summed E-state index contributed by atoms with van der Waals surface area (Å²) >= 11 is 0. The summed E-state index contributed by atoms with van der Waals surface area (Å²) in [5, 5.41) is 16.5. The highest BCUT2D eigenvalue weighted by Gasteiger charge is 2.07. The van der Waals surface area contributed by atoms with Crippen LogP contribution in [0.15, 0.2) is 60.9 Å². The van der Waals surface area contributed by atoms with Crippen LogP contribution in [-0.2, 0) is 16.0 Å². The fraction of sp³-hybridized carbons (Fsp3) is 0.167. The number of carbonyl (C=O) groups excluding carboxylic acids is 2. The van der Waals surface area contributed by atoms with Gasteiger partial charge in [0.2, 0.25) is 11.8 Å². The molecule has 2 N–H and O–H groups in total. The Bertz CT molecular complexity index is 864. The van der Waals surface area contributed by atoms with Gasteiger partial charge in [-0.1, -0.05) is 36.4 Å². The van der Waals surface area contributed by atoms with Gasteiger partial charge in [0, 0.05) is 18.7 Å². The second kappa shape index (κ2) is 8.52. The maximum atomic E-state index is 12.0. The van der Waals surface area contributed by atoms with Crippen LogP contribution >= 0.6 is 0 Å². The van der Waals surface area contributed by atoms with E-state index in [9.17, 15) is 9.59 Å². The molecule has 8 nitrogen and oxygen atoms in total. The number of nitrogens with zero attached hydrogens (tertiary/aromatic N) is 4. The molecule has 0 spiro atoms. The first-order valence-electron chi connectivity index (χ1n) is 8.14. The van der Waals surface area contributed by atoms with Crippen LogP contribution in [0.1, 0.15) is 12.0 Å². The van der Waals surface area contributed by atoms with Crippen LogP contribution in [0.2, 0.25) is 0 Å². The Hall–Kier alpha value is -3.55. The molecule has 2 aromatic carbocycles.